The fraction of sp³-hybridized carbons (Fsp3) is 0.250. The van der Waals surface area contributed by atoms with Gasteiger partial charge in [0.15, 0.2) is 0 Å². The SMILES string of the molecule is O=C1c2cccc(F)c2CC2(c3ccncc3)NCCN12. The summed E-state index contributed by atoms with van der Waals surface area (Å²) < 4.78 is 14.2. The number of pyridine rings is 1. The molecule has 1 unspecified atom stereocenters. The van der Waals surface area contributed by atoms with Crippen LogP contribution in [0, 0.1) is 5.82 Å². The van der Waals surface area contributed by atoms with E-state index in [0.717, 1.165) is 5.56 Å². The van der Waals surface area contributed by atoms with Crippen LogP contribution >= 0.6 is 0 Å². The van der Waals surface area contributed by atoms with E-state index in [2.05, 4.69) is 10.3 Å². The minimum Gasteiger partial charge on any atom is -0.315 e. The maximum Gasteiger partial charge on any atom is 0.256 e. The van der Waals surface area contributed by atoms with Crippen LogP contribution in [0.1, 0.15) is 21.5 Å². The van der Waals surface area contributed by atoms with Gasteiger partial charge in [-0.3, -0.25) is 15.1 Å². The third-order valence-electron chi connectivity index (χ3n) is 4.40. The Labute approximate surface area is 121 Å². The quantitative estimate of drug-likeness (QED) is 0.866. The van der Waals surface area contributed by atoms with Crippen LogP contribution in [0.3, 0.4) is 0 Å². The fourth-order valence-electron chi connectivity index (χ4n) is 3.42. The number of carbonyl (C=O) groups is 1. The zero-order valence-electron chi connectivity index (χ0n) is 11.3. The summed E-state index contributed by atoms with van der Waals surface area (Å²) in [6.45, 7) is 1.32. The van der Waals surface area contributed by atoms with Gasteiger partial charge in [0.25, 0.3) is 5.91 Å². The molecule has 1 aromatic heterocycles. The van der Waals surface area contributed by atoms with Crippen LogP contribution in [-0.4, -0.2) is 28.9 Å². The largest absolute Gasteiger partial charge is 0.315 e. The second-order valence-electron chi connectivity index (χ2n) is 5.42. The normalized spacial score (nSPS) is 23.9. The van der Waals surface area contributed by atoms with Crippen molar-refractivity contribution in [3.63, 3.8) is 0 Å². The van der Waals surface area contributed by atoms with E-state index in [4.69, 9.17) is 0 Å². The van der Waals surface area contributed by atoms with Crippen LogP contribution in [0.2, 0.25) is 0 Å². The van der Waals surface area contributed by atoms with Crippen molar-refractivity contribution in [1.29, 1.82) is 0 Å². The average molecular weight is 283 g/mol. The monoisotopic (exact) mass is 283 g/mol. The van der Waals surface area contributed by atoms with E-state index in [-0.39, 0.29) is 11.7 Å². The van der Waals surface area contributed by atoms with Gasteiger partial charge < -0.3 is 4.90 Å². The van der Waals surface area contributed by atoms with E-state index in [0.29, 0.717) is 30.6 Å². The van der Waals surface area contributed by atoms with Gasteiger partial charge in [0, 0.05) is 43.0 Å². The van der Waals surface area contributed by atoms with E-state index in [9.17, 15) is 9.18 Å². The molecule has 3 heterocycles. The van der Waals surface area contributed by atoms with Crippen LogP contribution in [0.4, 0.5) is 4.39 Å². The molecule has 2 aliphatic rings. The highest BCUT2D eigenvalue weighted by Crippen LogP contribution is 2.39. The Hall–Kier alpha value is -2.27. The number of halogens is 1. The summed E-state index contributed by atoms with van der Waals surface area (Å²) in [7, 11) is 0. The molecule has 4 rings (SSSR count). The number of rotatable bonds is 1. The van der Waals surface area contributed by atoms with Crippen molar-refractivity contribution in [3.8, 4) is 0 Å². The number of hydrogen-bond donors (Lipinski definition) is 1. The van der Waals surface area contributed by atoms with E-state index in [1.165, 1.54) is 6.07 Å². The molecule has 2 aliphatic heterocycles. The van der Waals surface area contributed by atoms with Crippen molar-refractivity contribution in [1.82, 2.24) is 15.2 Å². The van der Waals surface area contributed by atoms with Gasteiger partial charge in [0.05, 0.1) is 0 Å². The number of nitrogens with zero attached hydrogens (tertiary/aromatic N) is 2. The number of amides is 1. The first kappa shape index (κ1) is 12.5. The smallest absolute Gasteiger partial charge is 0.256 e. The van der Waals surface area contributed by atoms with Crippen molar-refractivity contribution < 1.29 is 9.18 Å². The summed E-state index contributed by atoms with van der Waals surface area (Å²) in [5.74, 6) is -0.430. The number of hydrogen-bond acceptors (Lipinski definition) is 3. The second kappa shape index (κ2) is 4.36. The number of carbonyl (C=O) groups excluding carboxylic acids is 1. The standard InChI is InChI=1S/C16H14FN3O/c17-14-3-1-2-12-13(14)10-16(11-4-6-18-7-5-11)19-8-9-20(16)15(12)21/h1-7,19H,8-10H2. The summed E-state index contributed by atoms with van der Waals surface area (Å²) >= 11 is 0. The summed E-state index contributed by atoms with van der Waals surface area (Å²) in [5, 5.41) is 3.40. The van der Waals surface area contributed by atoms with E-state index in [1.54, 1.807) is 24.5 Å². The second-order valence-corrected chi connectivity index (χ2v) is 5.42. The zero-order valence-corrected chi connectivity index (χ0v) is 11.3. The van der Waals surface area contributed by atoms with Gasteiger partial charge >= 0.3 is 0 Å². The molecule has 5 heteroatoms. The molecule has 1 amide bonds. The Morgan fingerprint density at radius 2 is 2.05 bits per heavy atom. The lowest BCUT2D eigenvalue weighted by atomic mass is 9.85. The van der Waals surface area contributed by atoms with E-state index < -0.39 is 5.66 Å². The summed E-state index contributed by atoms with van der Waals surface area (Å²) in [5.41, 5.74) is 1.25. The lowest BCUT2D eigenvalue weighted by Crippen LogP contribution is -2.55. The zero-order chi connectivity index (χ0) is 14.4. The molecule has 0 saturated carbocycles. The molecule has 1 saturated heterocycles. The van der Waals surface area contributed by atoms with Crippen LogP contribution in [0.5, 0.6) is 0 Å². The molecule has 1 fully saturated rings. The molecular formula is C16H14FN3O. The topological polar surface area (TPSA) is 45.2 Å². The van der Waals surface area contributed by atoms with Gasteiger partial charge in [0.1, 0.15) is 11.5 Å². The first-order valence-corrected chi connectivity index (χ1v) is 6.97. The molecule has 4 nitrogen and oxygen atoms in total. The minimum absolute atomic E-state index is 0.113. The fourth-order valence-corrected chi connectivity index (χ4v) is 3.42. The Balaban J connectivity index is 1.93. The molecule has 1 N–H and O–H groups in total. The van der Waals surface area contributed by atoms with E-state index >= 15 is 0 Å². The van der Waals surface area contributed by atoms with Crippen molar-refractivity contribution in [2.75, 3.05) is 13.1 Å². The third kappa shape index (κ3) is 1.64. The summed E-state index contributed by atoms with van der Waals surface area (Å²) in [4.78, 5) is 18.6. The van der Waals surface area contributed by atoms with Gasteiger partial charge in [-0.2, -0.15) is 0 Å². The summed E-state index contributed by atoms with van der Waals surface area (Å²) in [6, 6.07) is 8.47. The first-order chi connectivity index (χ1) is 10.2. The van der Waals surface area contributed by atoms with Gasteiger partial charge in [-0.1, -0.05) is 6.07 Å². The number of nitrogens with one attached hydrogen (secondary N) is 1. The Morgan fingerprint density at radius 1 is 1.24 bits per heavy atom. The molecule has 1 atom stereocenters. The van der Waals surface area contributed by atoms with Gasteiger partial charge in [-0.25, -0.2) is 4.39 Å². The van der Waals surface area contributed by atoms with Crippen LogP contribution in [0.15, 0.2) is 42.7 Å². The van der Waals surface area contributed by atoms with Crippen molar-refractivity contribution in [3.05, 3.63) is 65.2 Å². The molecule has 0 radical (unpaired) electrons. The maximum absolute atomic E-state index is 14.2. The number of benzene rings is 1. The average Bonchev–Trinajstić information content (AvgIpc) is 2.95. The molecular weight excluding hydrogens is 269 g/mol. The van der Waals surface area contributed by atoms with Crippen LogP contribution in [-0.2, 0) is 12.1 Å². The molecule has 1 aromatic carbocycles. The van der Waals surface area contributed by atoms with Gasteiger partial charge in [-0.05, 0) is 29.8 Å². The van der Waals surface area contributed by atoms with E-state index in [1.807, 2.05) is 17.0 Å². The third-order valence-corrected chi connectivity index (χ3v) is 4.40. The molecule has 0 aliphatic carbocycles. The summed E-state index contributed by atoms with van der Waals surface area (Å²) in [6.07, 6.45) is 3.83. The molecule has 106 valence electrons. The molecule has 0 spiro atoms. The van der Waals surface area contributed by atoms with Crippen molar-refractivity contribution >= 4 is 5.91 Å². The number of aromatic nitrogens is 1. The highest BCUT2D eigenvalue weighted by molar-refractivity contribution is 5.98. The Kier molecular flexibility index (Phi) is 2.59. The lowest BCUT2D eigenvalue weighted by Gasteiger charge is -2.43. The first-order valence-electron chi connectivity index (χ1n) is 6.97. The predicted octanol–water partition coefficient (Wildman–Crippen LogP) is 1.68. The van der Waals surface area contributed by atoms with Crippen LogP contribution < -0.4 is 5.32 Å². The van der Waals surface area contributed by atoms with Crippen molar-refractivity contribution in [2.45, 2.75) is 12.1 Å². The maximum atomic E-state index is 14.2. The highest BCUT2D eigenvalue weighted by Gasteiger charge is 2.49. The molecule has 21 heavy (non-hydrogen) atoms. The molecule has 0 bridgehead atoms. The minimum atomic E-state index is -0.658. The molecule has 2 aromatic rings. The van der Waals surface area contributed by atoms with Crippen molar-refractivity contribution in [2.24, 2.45) is 0 Å². The lowest BCUT2D eigenvalue weighted by molar-refractivity contribution is 0.0498. The van der Waals surface area contributed by atoms with Gasteiger partial charge in [0.2, 0.25) is 0 Å². The van der Waals surface area contributed by atoms with Crippen LogP contribution in [0.25, 0.3) is 0 Å². The number of fused-ring (bicyclic) bond motifs is 2. The predicted molar refractivity (Wildman–Crippen MR) is 75.1 cm³/mol. The van der Waals surface area contributed by atoms with Gasteiger partial charge in [-0.15, -0.1) is 0 Å². The Morgan fingerprint density at radius 3 is 2.86 bits per heavy atom. The highest BCUT2D eigenvalue weighted by atomic mass is 19.1. The Bertz CT molecular complexity index is 719.